The fourth-order valence-corrected chi connectivity index (χ4v) is 3.40. The number of primary amides is 1. The predicted molar refractivity (Wildman–Crippen MR) is 99.7 cm³/mol. The number of benzene rings is 1. The van der Waals surface area contributed by atoms with Crippen molar-refractivity contribution in [3.05, 3.63) is 57.9 Å². The van der Waals surface area contributed by atoms with Gasteiger partial charge in [-0.3, -0.25) is 14.4 Å². The number of nitrogens with zero attached hydrogens (tertiary/aromatic N) is 1. The quantitative estimate of drug-likeness (QED) is 0.884. The van der Waals surface area contributed by atoms with Gasteiger partial charge in [-0.25, -0.2) is 0 Å². The van der Waals surface area contributed by atoms with Crippen molar-refractivity contribution >= 4 is 11.8 Å². The second-order valence-electron chi connectivity index (χ2n) is 6.97. The van der Waals surface area contributed by atoms with E-state index in [0.717, 1.165) is 11.1 Å². The minimum atomic E-state index is -0.428. The summed E-state index contributed by atoms with van der Waals surface area (Å²) in [5.74, 6) is -1.13. The lowest BCUT2D eigenvalue weighted by molar-refractivity contribution is -0.123. The molecule has 1 aromatic carbocycles. The first-order chi connectivity index (χ1) is 12.4. The van der Waals surface area contributed by atoms with Crippen molar-refractivity contribution < 1.29 is 9.59 Å². The van der Waals surface area contributed by atoms with E-state index in [4.69, 9.17) is 5.73 Å². The largest absolute Gasteiger partial charge is 0.369 e. The van der Waals surface area contributed by atoms with Crippen molar-refractivity contribution in [2.24, 2.45) is 11.7 Å². The van der Waals surface area contributed by atoms with Crippen molar-refractivity contribution in [3.63, 3.8) is 0 Å². The normalized spacial score (nSPS) is 20.0. The number of H-pyrrole nitrogens is 1. The summed E-state index contributed by atoms with van der Waals surface area (Å²) in [6.07, 6.45) is 1.36. The van der Waals surface area contributed by atoms with Crippen LogP contribution in [0.1, 0.15) is 35.7 Å². The Kier molecular flexibility index (Phi) is 4.93. The van der Waals surface area contributed by atoms with Crippen LogP contribution in [0.5, 0.6) is 0 Å². The Morgan fingerprint density at radius 1 is 1.19 bits per heavy atom. The molecule has 0 aliphatic carbocycles. The van der Waals surface area contributed by atoms with Crippen LogP contribution in [0.3, 0.4) is 0 Å². The molecule has 0 radical (unpaired) electrons. The van der Waals surface area contributed by atoms with Crippen molar-refractivity contribution in [1.29, 1.82) is 0 Å². The van der Waals surface area contributed by atoms with E-state index in [2.05, 4.69) is 4.98 Å². The van der Waals surface area contributed by atoms with Gasteiger partial charge in [-0.05, 0) is 50.5 Å². The van der Waals surface area contributed by atoms with Crippen LogP contribution < -0.4 is 11.3 Å². The monoisotopic (exact) mass is 353 g/mol. The van der Waals surface area contributed by atoms with Crippen LogP contribution in [0.15, 0.2) is 41.2 Å². The third-order valence-corrected chi connectivity index (χ3v) is 5.01. The van der Waals surface area contributed by atoms with Crippen molar-refractivity contribution in [2.75, 3.05) is 6.54 Å². The molecule has 2 aromatic rings. The van der Waals surface area contributed by atoms with Crippen molar-refractivity contribution in [1.82, 2.24) is 9.88 Å². The van der Waals surface area contributed by atoms with Gasteiger partial charge in [-0.2, -0.15) is 0 Å². The minimum Gasteiger partial charge on any atom is -0.369 e. The lowest BCUT2D eigenvalue weighted by Crippen LogP contribution is -2.49. The molecule has 0 unspecified atom stereocenters. The molecule has 0 spiro atoms. The van der Waals surface area contributed by atoms with E-state index in [1.54, 1.807) is 17.0 Å². The number of carbonyl (C=O) groups excluding carboxylic acids is 2. The number of aromatic nitrogens is 1. The van der Waals surface area contributed by atoms with E-state index in [-0.39, 0.29) is 30.0 Å². The van der Waals surface area contributed by atoms with Crippen LogP contribution in [0.25, 0.3) is 11.3 Å². The molecule has 2 heterocycles. The standard InChI is InChI=1S/C20H23N3O3/c1-12-4-3-5-14(10-12)17-9-8-16(19(25)22-17)20(26)23-11-15(18(21)24)7-6-13(23)2/h3-5,8-10,13,15H,6-7,11H2,1-2H3,(H2,21,24)(H,22,25)/t13-,15-/m0/s1. The highest BCUT2D eigenvalue weighted by molar-refractivity contribution is 5.94. The van der Waals surface area contributed by atoms with Gasteiger partial charge in [0.2, 0.25) is 5.91 Å². The summed E-state index contributed by atoms with van der Waals surface area (Å²) in [6.45, 7) is 4.16. The summed E-state index contributed by atoms with van der Waals surface area (Å²) in [4.78, 5) is 41.2. The number of piperidine rings is 1. The summed E-state index contributed by atoms with van der Waals surface area (Å²) in [5.41, 5.74) is 7.69. The number of nitrogens with one attached hydrogen (secondary N) is 1. The smallest absolute Gasteiger partial charge is 0.261 e. The van der Waals surface area contributed by atoms with Crippen molar-refractivity contribution in [3.8, 4) is 11.3 Å². The zero-order valence-electron chi connectivity index (χ0n) is 15.0. The Labute approximate surface area is 152 Å². The maximum Gasteiger partial charge on any atom is 0.261 e. The average Bonchev–Trinajstić information content (AvgIpc) is 2.61. The first kappa shape index (κ1) is 17.9. The van der Waals surface area contributed by atoms with Crippen LogP contribution in [-0.4, -0.2) is 34.3 Å². The highest BCUT2D eigenvalue weighted by Crippen LogP contribution is 2.23. The van der Waals surface area contributed by atoms with Crippen LogP contribution in [0.2, 0.25) is 0 Å². The summed E-state index contributed by atoms with van der Waals surface area (Å²) in [5, 5.41) is 0. The van der Waals surface area contributed by atoms with Gasteiger partial charge in [0.15, 0.2) is 0 Å². The number of aryl methyl sites for hydroxylation is 1. The highest BCUT2D eigenvalue weighted by atomic mass is 16.2. The number of rotatable bonds is 3. The van der Waals surface area contributed by atoms with Gasteiger partial charge in [-0.15, -0.1) is 0 Å². The summed E-state index contributed by atoms with van der Waals surface area (Å²) >= 11 is 0. The summed E-state index contributed by atoms with van der Waals surface area (Å²) in [7, 11) is 0. The topological polar surface area (TPSA) is 96.3 Å². The van der Waals surface area contributed by atoms with Crippen molar-refractivity contribution in [2.45, 2.75) is 32.7 Å². The number of carbonyl (C=O) groups is 2. The van der Waals surface area contributed by atoms with Crippen LogP contribution in [0.4, 0.5) is 0 Å². The SMILES string of the molecule is Cc1cccc(-c2ccc(C(=O)N3C[C@@H](C(N)=O)CC[C@@H]3C)c(=O)[nH]2)c1. The summed E-state index contributed by atoms with van der Waals surface area (Å²) in [6, 6.07) is 11.0. The number of hydrogen-bond acceptors (Lipinski definition) is 3. The second-order valence-corrected chi connectivity index (χ2v) is 6.97. The molecule has 0 saturated carbocycles. The number of nitrogens with two attached hydrogens (primary N) is 1. The van der Waals surface area contributed by atoms with Gasteiger partial charge < -0.3 is 15.6 Å². The molecular weight excluding hydrogens is 330 g/mol. The van der Waals surface area contributed by atoms with E-state index in [1.807, 2.05) is 38.1 Å². The minimum absolute atomic E-state index is 0.0334. The molecule has 136 valence electrons. The zero-order valence-corrected chi connectivity index (χ0v) is 15.0. The molecule has 26 heavy (non-hydrogen) atoms. The lowest BCUT2D eigenvalue weighted by Gasteiger charge is -2.36. The van der Waals surface area contributed by atoms with E-state index >= 15 is 0 Å². The Morgan fingerprint density at radius 3 is 2.62 bits per heavy atom. The number of aromatic amines is 1. The molecule has 1 aromatic heterocycles. The molecule has 6 nitrogen and oxygen atoms in total. The Morgan fingerprint density at radius 2 is 1.96 bits per heavy atom. The molecule has 1 saturated heterocycles. The number of likely N-dealkylation sites (tertiary alicyclic amines) is 1. The van der Waals surface area contributed by atoms with Crippen LogP contribution in [-0.2, 0) is 4.79 Å². The fraction of sp³-hybridized carbons (Fsp3) is 0.350. The number of pyridine rings is 1. The van der Waals surface area contributed by atoms with Gasteiger partial charge in [0.05, 0.1) is 5.92 Å². The first-order valence-electron chi connectivity index (χ1n) is 8.77. The van der Waals surface area contributed by atoms with E-state index in [1.165, 1.54) is 0 Å². The third-order valence-electron chi connectivity index (χ3n) is 5.01. The average molecular weight is 353 g/mol. The van der Waals surface area contributed by atoms with E-state index in [9.17, 15) is 14.4 Å². The number of amides is 2. The van der Waals surface area contributed by atoms with Gasteiger partial charge in [0.25, 0.3) is 11.5 Å². The van der Waals surface area contributed by atoms with Gasteiger partial charge >= 0.3 is 0 Å². The second kappa shape index (κ2) is 7.15. The van der Waals surface area contributed by atoms with E-state index < -0.39 is 11.5 Å². The van der Waals surface area contributed by atoms with Gasteiger partial charge in [-0.1, -0.05) is 23.8 Å². The maximum atomic E-state index is 12.9. The zero-order chi connectivity index (χ0) is 18.8. The van der Waals surface area contributed by atoms with E-state index in [0.29, 0.717) is 18.5 Å². The van der Waals surface area contributed by atoms with Gasteiger partial charge in [0, 0.05) is 18.3 Å². The first-order valence-corrected chi connectivity index (χ1v) is 8.77. The molecule has 3 N–H and O–H groups in total. The number of hydrogen-bond donors (Lipinski definition) is 2. The van der Waals surface area contributed by atoms with Crippen LogP contribution in [0, 0.1) is 12.8 Å². The Balaban J connectivity index is 1.88. The van der Waals surface area contributed by atoms with Gasteiger partial charge in [0.1, 0.15) is 5.56 Å². The lowest BCUT2D eigenvalue weighted by atomic mass is 9.92. The molecular formula is C20H23N3O3. The molecule has 1 fully saturated rings. The highest BCUT2D eigenvalue weighted by Gasteiger charge is 2.32. The molecule has 1 aliphatic heterocycles. The Bertz CT molecular complexity index is 903. The molecule has 6 heteroatoms. The molecule has 0 bridgehead atoms. The molecule has 2 amide bonds. The van der Waals surface area contributed by atoms with Crippen LogP contribution >= 0.6 is 0 Å². The maximum absolute atomic E-state index is 12.9. The molecule has 2 atom stereocenters. The fourth-order valence-electron chi connectivity index (χ4n) is 3.40. The third kappa shape index (κ3) is 3.54. The molecule has 1 aliphatic rings. The predicted octanol–water partition coefficient (Wildman–Crippen LogP) is 2.08. The summed E-state index contributed by atoms with van der Waals surface area (Å²) < 4.78 is 0. The molecule has 3 rings (SSSR count). The Hall–Kier alpha value is -2.89.